The average molecular weight is 279 g/mol. The maximum Gasteiger partial charge on any atom is 0.232 e. The second-order valence-electron chi connectivity index (χ2n) is 4.66. The monoisotopic (exact) mass is 279 g/mol. The lowest BCUT2D eigenvalue weighted by molar-refractivity contribution is -0.125. The molecule has 1 aromatic carbocycles. The normalized spacial score (nSPS) is 12.0. The molecule has 0 bridgehead atoms. The number of carbonyl (C=O) groups excluding carboxylic acids is 2. The second-order valence-corrected chi connectivity index (χ2v) is 5.99. The first kappa shape index (κ1) is 15.8. The largest absolute Gasteiger partial charge is 0.348 e. The molecule has 1 unspecified atom stereocenters. The van der Waals surface area contributed by atoms with E-state index in [9.17, 15) is 9.59 Å². The van der Waals surface area contributed by atoms with Crippen LogP contribution in [0.1, 0.15) is 29.8 Å². The van der Waals surface area contributed by atoms with E-state index in [1.54, 1.807) is 19.0 Å². The van der Waals surface area contributed by atoms with Gasteiger partial charge in [-0.25, -0.2) is 0 Å². The highest BCUT2D eigenvalue weighted by molar-refractivity contribution is 8.01. The minimum atomic E-state index is -0.198. The number of carbonyl (C=O) groups is 2. The molecule has 1 rings (SSSR count). The quantitative estimate of drug-likeness (QED) is 0.751. The van der Waals surface area contributed by atoms with Crippen LogP contribution in [-0.4, -0.2) is 41.7 Å². The molecule has 104 valence electrons. The van der Waals surface area contributed by atoms with Gasteiger partial charge in [-0.15, -0.1) is 11.8 Å². The van der Waals surface area contributed by atoms with E-state index in [-0.39, 0.29) is 16.9 Å². The van der Waals surface area contributed by atoms with Crippen LogP contribution >= 0.6 is 11.8 Å². The maximum atomic E-state index is 12.2. The standard InChI is InChI=1S/C15H21NO2S/c1-5-12-6-8-13(9-7-12)15(18)11(2)19-10-14(17)16(3)4/h6-9,11H,5,10H2,1-4H3. The number of rotatable bonds is 6. The van der Waals surface area contributed by atoms with Crippen molar-refractivity contribution in [3.05, 3.63) is 35.4 Å². The Morgan fingerprint density at radius 3 is 2.26 bits per heavy atom. The highest BCUT2D eigenvalue weighted by Gasteiger charge is 2.17. The molecule has 0 radical (unpaired) electrons. The Morgan fingerprint density at radius 1 is 1.21 bits per heavy atom. The Kier molecular flexibility index (Phi) is 6.09. The molecule has 0 aromatic heterocycles. The number of ketones is 1. The van der Waals surface area contributed by atoms with Crippen LogP contribution in [0.15, 0.2) is 24.3 Å². The minimum Gasteiger partial charge on any atom is -0.348 e. The zero-order valence-corrected chi connectivity index (χ0v) is 12.8. The van der Waals surface area contributed by atoms with Gasteiger partial charge in [-0.3, -0.25) is 9.59 Å². The summed E-state index contributed by atoms with van der Waals surface area (Å²) in [6, 6.07) is 7.70. The number of Topliss-reactive ketones (excluding diaryl/α,β-unsaturated/α-hetero) is 1. The van der Waals surface area contributed by atoms with Crippen LogP contribution in [0.25, 0.3) is 0 Å². The van der Waals surface area contributed by atoms with Gasteiger partial charge in [-0.1, -0.05) is 31.2 Å². The molecule has 0 fully saturated rings. The smallest absolute Gasteiger partial charge is 0.232 e. The van der Waals surface area contributed by atoms with Crippen molar-refractivity contribution in [2.45, 2.75) is 25.5 Å². The van der Waals surface area contributed by atoms with Gasteiger partial charge in [-0.05, 0) is 18.9 Å². The number of aryl methyl sites for hydroxylation is 1. The third kappa shape index (κ3) is 4.71. The molecular weight excluding hydrogens is 258 g/mol. The Morgan fingerprint density at radius 2 is 1.79 bits per heavy atom. The van der Waals surface area contributed by atoms with Crippen LogP contribution in [0, 0.1) is 0 Å². The van der Waals surface area contributed by atoms with Crippen LogP contribution in [0.4, 0.5) is 0 Å². The van der Waals surface area contributed by atoms with E-state index in [0.717, 1.165) is 12.0 Å². The van der Waals surface area contributed by atoms with Gasteiger partial charge in [0.2, 0.25) is 5.91 Å². The molecule has 0 aliphatic carbocycles. The molecule has 0 aliphatic rings. The van der Waals surface area contributed by atoms with Crippen LogP contribution < -0.4 is 0 Å². The number of amides is 1. The molecule has 0 N–H and O–H groups in total. The van der Waals surface area contributed by atoms with E-state index in [2.05, 4.69) is 6.92 Å². The van der Waals surface area contributed by atoms with Crippen LogP contribution in [-0.2, 0) is 11.2 Å². The summed E-state index contributed by atoms with van der Waals surface area (Å²) in [4.78, 5) is 25.2. The van der Waals surface area contributed by atoms with Gasteiger partial charge in [0.25, 0.3) is 0 Å². The molecule has 0 heterocycles. The van der Waals surface area contributed by atoms with Gasteiger partial charge in [0.15, 0.2) is 5.78 Å². The fourth-order valence-electron chi connectivity index (χ4n) is 1.54. The van der Waals surface area contributed by atoms with Gasteiger partial charge >= 0.3 is 0 Å². The average Bonchev–Trinajstić information content (AvgIpc) is 2.43. The fourth-order valence-corrected chi connectivity index (χ4v) is 2.48. The van der Waals surface area contributed by atoms with Gasteiger partial charge in [0.05, 0.1) is 11.0 Å². The summed E-state index contributed by atoms with van der Waals surface area (Å²) >= 11 is 1.38. The summed E-state index contributed by atoms with van der Waals surface area (Å²) < 4.78 is 0. The topological polar surface area (TPSA) is 37.4 Å². The molecule has 0 spiro atoms. The SMILES string of the molecule is CCc1ccc(C(=O)C(C)SCC(=O)N(C)C)cc1. The third-order valence-corrected chi connectivity index (χ3v) is 4.10. The number of thioether (sulfide) groups is 1. The zero-order chi connectivity index (χ0) is 14.4. The van der Waals surface area contributed by atoms with Gasteiger partial charge in [0.1, 0.15) is 0 Å². The Balaban J connectivity index is 2.58. The summed E-state index contributed by atoms with van der Waals surface area (Å²) in [6.07, 6.45) is 0.968. The number of hydrogen-bond acceptors (Lipinski definition) is 3. The van der Waals surface area contributed by atoms with Crippen molar-refractivity contribution < 1.29 is 9.59 Å². The molecule has 1 aromatic rings. The molecule has 0 aliphatic heterocycles. The first-order chi connectivity index (χ1) is 8.95. The number of benzene rings is 1. The van der Waals surface area contributed by atoms with E-state index < -0.39 is 0 Å². The van der Waals surface area contributed by atoms with Gasteiger partial charge in [-0.2, -0.15) is 0 Å². The van der Waals surface area contributed by atoms with E-state index >= 15 is 0 Å². The lowest BCUT2D eigenvalue weighted by Gasteiger charge is -2.13. The second kappa shape index (κ2) is 7.34. The van der Waals surface area contributed by atoms with E-state index in [1.807, 2.05) is 31.2 Å². The molecule has 19 heavy (non-hydrogen) atoms. The molecule has 0 saturated carbocycles. The van der Waals surface area contributed by atoms with Crippen molar-refractivity contribution in [2.24, 2.45) is 0 Å². The van der Waals surface area contributed by atoms with E-state index in [0.29, 0.717) is 5.75 Å². The van der Waals surface area contributed by atoms with Crippen molar-refractivity contribution >= 4 is 23.5 Å². The predicted molar refractivity (Wildman–Crippen MR) is 80.8 cm³/mol. The number of nitrogens with zero attached hydrogens (tertiary/aromatic N) is 1. The molecule has 1 atom stereocenters. The summed E-state index contributed by atoms with van der Waals surface area (Å²) in [5.74, 6) is 0.456. The Bertz CT molecular complexity index is 440. The lowest BCUT2D eigenvalue weighted by atomic mass is 10.1. The molecule has 3 nitrogen and oxygen atoms in total. The van der Waals surface area contributed by atoms with Gasteiger partial charge < -0.3 is 4.90 Å². The predicted octanol–water partition coefficient (Wildman–Crippen LogP) is 2.64. The Labute approximate surface area is 119 Å². The first-order valence-corrected chi connectivity index (χ1v) is 7.45. The van der Waals surface area contributed by atoms with Crippen LogP contribution in [0.3, 0.4) is 0 Å². The summed E-state index contributed by atoms with van der Waals surface area (Å²) in [5, 5.41) is -0.198. The molecule has 0 saturated heterocycles. The van der Waals surface area contributed by atoms with E-state index in [4.69, 9.17) is 0 Å². The molecular formula is C15H21NO2S. The minimum absolute atomic E-state index is 0.0333. The van der Waals surface area contributed by atoms with Crippen molar-refractivity contribution in [1.29, 1.82) is 0 Å². The molecule has 4 heteroatoms. The highest BCUT2D eigenvalue weighted by atomic mass is 32.2. The van der Waals surface area contributed by atoms with Crippen LogP contribution in [0.5, 0.6) is 0 Å². The van der Waals surface area contributed by atoms with Crippen molar-refractivity contribution in [3.63, 3.8) is 0 Å². The van der Waals surface area contributed by atoms with Crippen molar-refractivity contribution in [1.82, 2.24) is 4.90 Å². The lowest BCUT2D eigenvalue weighted by Crippen LogP contribution is -2.25. The zero-order valence-electron chi connectivity index (χ0n) is 12.0. The summed E-state index contributed by atoms with van der Waals surface area (Å²) in [6.45, 7) is 3.94. The van der Waals surface area contributed by atoms with Crippen molar-refractivity contribution in [3.8, 4) is 0 Å². The number of hydrogen-bond donors (Lipinski definition) is 0. The highest BCUT2D eigenvalue weighted by Crippen LogP contribution is 2.17. The van der Waals surface area contributed by atoms with Crippen LogP contribution in [0.2, 0.25) is 0 Å². The first-order valence-electron chi connectivity index (χ1n) is 6.40. The van der Waals surface area contributed by atoms with Gasteiger partial charge in [0, 0.05) is 19.7 Å². The fraction of sp³-hybridized carbons (Fsp3) is 0.467. The summed E-state index contributed by atoms with van der Waals surface area (Å²) in [5.41, 5.74) is 1.94. The molecule has 1 amide bonds. The Hall–Kier alpha value is -1.29. The summed E-state index contributed by atoms with van der Waals surface area (Å²) in [7, 11) is 3.44. The van der Waals surface area contributed by atoms with E-state index in [1.165, 1.54) is 17.3 Å². The maximum absolute atomic E-state index is 12.2. The van der Waals surface area contributed by atoms with Crippen molar-refractivity contribution in [2.75, 3.05) is 19.8 Å². The third-order valence-electron chi connectivity index (χ3n) is 2.97.